The van der Waals surface area contributed by atoms with Crippen LogP contribution >= 0.6 is 0 Å². The first-order valence-electron chi connectivity index (χ1n) is 6.13. The molecule has 0 saturated carbocycles. The largest absolute Gasteiger partial charge is 0.467 e. The molecule has 7 nitrogen and oxygen atoms in total. The average Bonchev–Trinajstić information content (AvgIpc) is 2.83. The lowest BCUT2D eigenvalue weighted by Gasteiger charge is -2.53. The standard InChI is InChI=1S/C12H17NO6/c1-4-12(17)7-5-6-11(9(15)18-2,10(16)19-3)13(7)8(12)14/h7,17H,4-6H2,1-3H3. The molecule has 0 aromatic carbocycles. The highest BCUT2D eigenvalue weighted by molar-refractivity contribution is 6.11. The molecule has 1 N–H and O–H groups in total. The van der Waals surface area contributed by atoms with Crippen molar-refractivity contribution in [3.05, 3.63) is 0 Å². The van der Waals surface area contributed by atoms with E-state index in [4.69, 9.17) is 0 Å². The number of carbonyl (C=O) groups excluding carboxylic acids is 3. The predicted octanol–water partition coefficient (Wildman–Crippen LogP) is -0.783. The third-order valence-electron chi connectivity index (χ3n) is 4.23. The Morgan fingerprint density at radius 1 is 1.37 bits per heavy atom. The zero-order chi connectivity index (χ0) is 14.4. The van der Waals surface area contributed by atoms with Crippen LogP contribution in [0.25, 0.3) is 0 Å². The predicted molar refractivity (Wildman–Crippen MR) is 61.9 cm³/mol. The summed E-state index contributed by atoms with van der Waals surface area (Å²) in [6.07, 6.45) is 0.705. The molecule has 7 heteroatoms. The number of hydrogen-bond acceptors (Lipinski definition) is 6. The Hall–Kier alpha value is -1.63. The van der Waals surface area contributed by atoms with Crippen molar-refractivity contribution in [2.24, 2.45) is 0 Å². The van der Waals surface area contributed by atoms with Crippen molar-refractivity contribution in [2.45, 2.75) is 43.4 Å². The molecule has 2 rings (SSSR count). The Labute approximate surface area is 110 Å². The second-order valence-corrected chi connectivity index (χ2v) is 4.85. The molecule has 0 aliphatic carbocycles. The molecule has 2 aliphatic rings. The Morgan fingerprint density at radius 3 is 2.32 bits per heavy atom. The number of rotatable bonds is 3. The Bertz CT molecular complexity index is 432. The number of β-lactam (4-membered cyclic amide) rings is 1. The Balaban J connectivity index is 2.43. The maximum atomic E-state index is 12.1. The Kier molecular flexibility index (Phi) is 3.04. The summed E-state index contributed by atoms with van der Waals surface area (Å²) in [6.45, 7) is 1.69. The maximum absolute atomic E-state index is 12.1. The van der Waals surface area contributed by atoms with E-state index >= 15 is 0 Å². The summed E-state index contributed by atoms with van der Waals surface area (Å²) in [5, 5.41) is 10.2. The molecule has 2 aliphatic heterocycles. The molecule has 0 aromatic rings. The fourth-order valence-electron chi connectivity index (χ4n) is 3.12. The fourth-order valence-corrected chi connectivity index (χ4v) is 3.12. The van der Waals surface area contributed by atoms with Gasteiger partial charge in [0.25, 0.3) is 5.91 Å². The summed E-state index contributed by atoms with van der Waals surface area (Å²) in [5.41, 5.74) is -3.23. The molecule has 19 heavy (non-hydrogen) atoms. The van der Waals surface area contributed by atoms with Gasteiger partial charge in [-0.3, -0.25) is 4.79 Å². The molecule has 0 radical (unpaired) electrons. The summed E-state index contributed by atoms with van der Waals surface area (Å²) in [5.74, 6) is -2.27. The first-order chi connectivity index (χ1) is 8.90. The number of esters is 2. The normalized spacial score (nSPS) is 31.5. The van der Waals surface area contributed by atoms with Crippen LogP contribution in [0.1, 0.15) is 26.2 Å². The van der Waals surface area contributed by atoms with Crippen LogP contribution in [-0.2, 0) is 23.9 Å². The molecule has 1 amide bonds. The molecular weight excluding hydrogens is 254 g/mol. The van der Waals surface area contributed by atoms with E-state index in [2.05, 4.69) is 9.47 Å². The van der Waals surface area contributed by atoms with E-state index in [1.807, 2.05) is 0 Å². The summed E-state index contributed by atoms with van der Waals surface area (Å²) >= 11 is 0. The summed E-state index contributed by atoms with van der Waals surface area (Å²) in [4.78, 5) is 37.2. The molecule has 2 heterocycles. The number of hydrogen-bond donors (Lipinski definition) is 1. The summed E-state index contributed by atoms with van der Waals surface area (Å²) in [7, 11) is 2.30. The molecule has 0 bridgehead atoms. The van der Waals surface area contributed by atoms with Crippen molar-refractivity contribution >= 4 is 17.8 Å². The zero-order valence-electron chi connectivity index (χ0n) is 11.1. The average molecular weight is 271 g/mol. The lowest BCUT2D eigenvalue weighted by molar-refractivity contribution is -0.207. The van der Waals surface area contributed by atoms with Crippen LogP contribution in [0.3, 0.4) is 0 Å². The van der Waals surface area contributed by atoms with Crippen LogP contribution in [0.2, 0.25) is 0 Å². The third kappa shape index (κ3) is 1.39. The zero-order valence-corrected chi connectivity index (χ0v) is 11.1. The Morgan fingerprint density at radius 2 is 1.89 bits per heavy atom. The highest BCUT2D eigenvalue weighted by Gasteiger charge is 2.73. The molecule has 0 aromatic heterocycles. The number of nitrogens with zero attached hydrogens (tertiary/aromatic N) is 1. The molecule has 2 saturated heterocycles. The van der Waals surface area contributed by atoms with Crippen molar-refractivity contribution in [2.75, 3.05) is 14.2 Å². The van der Waals surface area contributed by atoms with Crippen molar-refractivity contribution < 1.29 is 29.0 Å². The maximum Gasteiger partial charge on any atom is 0.343 e. The van der Waals surface area contributed by atoms with Gasteiger partial charge in [0.15, 0.2) is 5.60 Å². The highest BCUT2D eigenvalue weighted by atomic mass is 16.5. The first-order valence-corrected chi connectivity index (χ1v) is 6.13. The van der Waals surface area contributed by atoms with Gasteiger partial charge < -0.3 is 19.5 Å². The van der Waals surface area contributed by atoms with E-state index < -0.39 is 35.0 Å². The number of methoxy groups -OCH3 is 2. The van der Waals surface area contributed by atoms with E-state index in [0.717, 1.165) is 19.1 Å². The molecule has 2 unspecified atom stereocenters. The lowest BCUT2D eigenvalue weighted by atomic mass is 9.80. The summed E-state index contributed by atoms with van der Waals surface area (Å²) < 4.78 is 9.30. The quantitative estimate of drug-likeness (QED) is 0.411. The first kappa shape index (κ1) is 13.8. The van der Waals surface area contributed by atoms with Gasteiger partial charge in [0, 0.05) is 0 Å². The van der Waals surface area contributed by atoms with E-state index in [1.54, 1.807) is 6.92 Å². The number of aliphatic hydroxyl groups is 1. The minimum atomic E-state index is -1.74. The number of carbonyl (C=O) groups is 3. The van der Waals surface area contributed by atoms with Gasteiger partial charge in [0.2, 0.25) is 5.54 Å². The van der Waals surface area contributed by atoms with Gasteiger partial charge in [0.05, 0.1) is 20.3 Å². The van der Waals surface area contributed by atoms with Gasteiger partial charge in [0.1, 0.15) is 0 Å². The van der Waals surface area contributed by atoms with Crippen LogP contribution in [0, 0.1) is 0 Å². The third-order valence-corrected chi connectivity index (χ3v) is 4.23. The molecule has 0 spiro atoms. The van der Waals surface area contributed by atoms with Crippen molar-refractivity contribution in [1.82, 2.24) is 4.90 Å². The van der Waals surface area contributed by atoms with Crippen LogP contribution in [0.15, 0.2) is 0 Å². The van der Waals surface area contributed by atoms with E-state index in [1.165, 1.54) is 0 Å². The monoisotopic (exact) mass is 271 g/mol. The van der Waals surface area contributed by atoms with Gasteiger partial charge >= 0.3 is 11.9 Å². The van der Waals surface area contributed by atoms with Gasteiger partial charge in [-0.2, -0.15) is 0 Å². The van der Waals surface area contributed by atoms with Crippen molar-refractivity contribution in [1.29, 1.82) is 0 Å². The van der Waals surface area contributed by atoms with E-state index in [-0.39, 0.29) is 12.8 Å². The second-order valence-electron chi connectivity index (χ2n) is 4.85. The van der Waals surface area contributed by atoms with Crippen LogP contribution in [-0.4, -0.2) is 59.3 Å². The van der Waals surface area contributed by atoms with Crippen LogP contribution < -0.4 is 0 Å². The highest BCUT2D eigenvalue weighted by Crippen LogP contribution is 2.49. The summed E-state index contributed by atoms with van der Waals surface area (Å²) in [6, 6.07) is -0.539. The lowest BCUT2D eigenvalue weighted by Crippen LogP contribution is -2.78. The van der Waals surface area contributed by atoms with Crippen molar-refractivity contribution in [3.63, 3.8) is 0 Å². The van der Waals surface area contributed by atoms with Crippen LogP contribution in [0.5, 0.6) is 0 Å². The van der Waals surface area contributed by atoms with E-state index in [0.29, 0.717) is 6.42 Å². The van der Waals surface area contributed by atoms with E-state index in [9.17, 15) is 19.5 Å². The second kappa shape index (κ2) is 4.19. The molecule has 2 fully saturated rings. The molecule has 2 atom stereocenters. The van der Waals surface area contributed by atoms with Gasteiger partial charge in [-0.25, -0.2) is 9.59 Å². The number of fused-ring (bicyclic) bond motifs is 1. The molecular formula is C12H17NO6. The minimum Gasteiger partial charge on any atom is -0.467 e. The fraction of sp³-hybridized carbons (Fsp3) is 0.750. The smallest absolute Gasteiger partial charge is 0.343 e. The van der Waals surface area contributed by atoms with Crippen molar-refractivity contribution in [3.8, 4) is 0 Å². The minimum absolute atomic E-state index is 0.102. The van der Waals surface area contributed by atoms with Gasteiger partial charge in [-0.05, 0) is 19.3 Å². The van der Waals surface area contributed by atoms with Gasteiger partial charge in [-0.15, -0.1) is 0 Å². The molecule has 106 valence electrons. The SMILES string of the molecule is CCC1(O)C(=O)N2C1CCC2(C(=O)OC)C(=O)OC. The number of ether oxygens (including phenoxy) is 2. The van der Waals surface area contributed by atoms with Crippen LogP contribution in [0.4, 0.5) is 0 Å². The number of amides is 1. The topological polar surface area (TPSA) is 93.1 Å². The van der Waals surface area contributed by atoms with Gasteiger partial charge in [-0.1, -0.05) is 6.92 Å².